The Morgan fingerprint density at radius 3 is 2.80 bits per heavy atom. The molecule has 0 aliphatic heterocycles. The van der Waals surface area contributed by atoms with Crippen LogP contribution in [-0.4, -0.2) is 10.8 Å². The standard InChI is InChI=1S/C22H28FNO/c1-4-22(23)10-8-18-16-6-5-15-11-19-14(13-24-25-19)12-20(15,2)17(16)7-9-21(18,22)3/h1,13,15-18H,5-12H2,2-3H3/t15?,16?,17?,18?,20-,21-,22+/m0/s1. The van der Waals surface area contributed by atoms with Gasteiger partial charge in [0.25, 0.3) is 0 Å². The second kappa shape index (κ2) is 4.90. The van der Waals surface area contributed by atoms with Crippen molar-refractivity contribution in [3.63, 3.8) is 0 Å². The lowest BCUT2D eigenvalue weighted by atomic mass is 9.44. The fourth-order valence-corrected chi connectivity index (χ4v) is 7.60. The van der Waals surface area contributed by atoms with E-state index >= 15 is 4.39 Å². The molecule has 3 fully saturated rings. The largest absolute Gasteiger partial charge is 0.361 e. The van der Waals surface area contributed by atoms with Crippen LogP contribution in [0.25, 0.3) is 0 Å². The predicted molar refractivity (Wildman–Crippen MR) is 94.5 cm³/mol. The molecular weight excluding hydrogens is 313 g/mol. The number of aromatic nitrogens is 1. The molecule has 7 atom stereocenters. The average Bonchev–Trinajstić information content (AvgIpc) is 3.14. The molecule has 0 amide bonds. The van der Waals surface area contributed by atoms with Crippen LogP contribution in [0.2, 0.25) is 0 Å². The van der Waals surface area contributed by atoms with Crippen LogP contribution in [0.1, 0.15) is 63.7 Å². The molecule has 25 heavy (non-hydrogen) atoms. The third-order valence-electron chi connectivity index (χ3n) is 9.12. The van der Waals surface area contributed by atoms with Crippen LogP contribution >= 0.6 is 0 Å². The second-order valence-electron chi connectivity index (χ2n) is 9.75. The Morgan fingerprint density at radius 2 is 2.00 bits per heavy atom. The SMILES string of the molecule is C#C[C@@]1(F)CCC2C3CCC4Cc5oncc5C[C@]4(C)C3CC[C@@]21C. The number of halogens is 1. The molecule has 1 heterocycles. The van der Waals surface area contributed by atoms with Gasteiger partial charge in [-0.15, -0.1) is 6.42 Å². The van der Waals surface area contributed by atoms with Crippen molar-refractivity contribution in [3.8, 4) is 12.3 Å². The predicted octanol–water partition coefficient (Wildman–Crippen LogP) is 4.97. The molecule has 0 aromatic carbocycles. The van der Waals surface area contributed by atoms with Gasteiger partial charge in [-0.25, -0.2) is 4.39 Å². The van der Waals surface area contributed by atoms with Crippen molar-refractivity contribution < 1.29 is 8.91 Å². The van der Waals surface area contributed by atoms with Crippen LogP contribution in [0.3, 0.4) is 0 Å². The van der Waals surface area contributed by atoms with Crippen molar-refractivity contribution in [2.24, 2.45) is 34.5 Å². The van der Waals surface area contributed by atoms with Crippen LogP contribution in [0, 0.1) is 46.8 Å². The number of hydrogen-bond acceptors (Lipinski definition) is 2. The van der Waals surface area contributed by atoms with Crippen molar-refractivity contribution in [1.29, 1.82) is 0 Å². The van der Waals surface area contributed by atoms with Crippen molar-refractivity contribution in [1.82, 2.24) is 5.16 Å². The summed E-state index contributed by atoms with van der Waals surface area (Å²) >= 11 is 0. The van der Waals surface area contributed by atoms with Crippen molar-refractivity contribution in [2.45, 2.75) is 70.9 Å². The van der Waals surface area contributed by atoms with Gasteiger partial charge in [-0.1, -0.05) is 24.9 Å². The van der Waals surface area contributed by atoms with Crippen LogP contribution < -0.4 is 0 Å². The smallest absolute Gasteiger partial charge is 0.176 e. The third kappa shape index (κ3) is 1.84. The highest BCUT2D eigenvalue weighted by Crippen LogP contribution is 2.68. The topological polar surface area (TPSA) is 26.0 Å². The van der Waals surface area contributed by atoms with Gasteiger partial charge in [-0.05, 0) is 74.0 Å². The van der Waals surface area contributed by atoms with Gasteiger partial charge in [0.2, 0.25) is 0 Å². The normalized spacial score (nSPS) is 51.0. The van der Waals surface area contributed by atoms with Gasteiger partial charge < -0.3 is 4.52 Å². The summed E-state index contributed by atoms with van der Waals surface area (Å²) in [6.07, 6.45) is 15.8. The lowest BCUT2D eigenvalue weighted by Crippen LogP contribution is -2.56. The number of terminal acetylenes is 1. The summed E-state index contributed by atoms with van der Waals surface area (Å²) in [6.45, 7) is 4.64. The van der Waals surface area contributed by atoms with Crippen LogP contribution in [-0.2, 0) is 12.8 Å². The highest BCUT2D eigenvalue weighted by Gasteiger charge is 2.65. The van der Waals surface area contributed by atoms with Gasteiger partial charge in [0.05, 0.1) is 6.20 Å². The zero-order valence-electron chi connectivity index (χ0n) is 15.4. The Balaban J connectivity index is 1.50. The van der Waals surface area contributed by atoms with Crippen LogP contribution in [0.15, 0.2) is 10.7 Å². The Hall–Kier alpha value is -1.30. The molecule has 5 rings (SSSR count). The molecule has 4 unspecified atom stereocenters. The van der Waals surface area contributed by atoms with Gasteiger partial charge in [-0.3, -0.25) is 0 Å². The molecule has 0 bridgehead atoms. The summed E-state index contributed by atoms with van der Waals surface area (Å²) in [7, 11) is 0. The molecule has 0 radical (unpaired) electrons. The number of nitrogens with zero attached hydrogens (tertiary/aromatic N) is 1. The lowest BCUT2D eigenvalue weighted by Gasteiger charge is -2.60. The molecule has 3 heteroatoms. The summed E-state index contributed by atoms with van der Waals surface area (Å²) < 4.78 is 20.9. The molecular formula is C22H28FNO. The van der Waals surface area contributed by atoms with Crippen LogP contribution in [0.4, 0.5) is 4.39 Å². The van der Waals surface area contributed by atoms with Crippen molar-refractivity contribution in [3.05, 3.63) is 17.5 Å². The molecule has 134 valence electrons. The molecule has 4 aliphatic rings. The Bertz CT molecular complexity index is 749. The Labute approximate surface area is 149 Å². The fraction of sp³-hybridized carbons (Fsp3) is 0.773. The number of hydrogen-bond donors (Lipinski definition) is 0. The highest BCUT2D eigenvalue weighted by atomic mass is 19.1. The zero-order valence-corrected chi connectivity index (χ0v) is 15.4. The third-order valence-corrected chi connectivity index (χ3v) is 9.12. The van der Waals surface area contributed by atoms with E-state index in [4.69, 9.17) is 10.9 Å². The van der Waals surface area contributed by atoms with E-state index in [2.05, 4.69) is 24.9 Å². The molecule has 2 nitrogen and oxygen atoms in total. The van der Waals surface area contributed by atoms with Gasteiger partial charge >= 0.3 is 0 Å². The number of rotatable bonds is 0. The van der Waals surface area contributed by atoms with E-state index in [-0.39, 0.29) is 5.41 Å². The lowest BCUT2D eigenvalue weighted by molar-refractivity contribution is -0.112. The first-order valence-corrected chi connectivity index (χ1v) is 10.0. The van der Waals surface area contributed by atoms with Crippen molar-refractivity contribution >= 4 is 0 Å². The number of alkyl halides is 1. The van der Waals surface area contributed by atoms with Crippen molar-refractivity contribution in [2.75, 3.05) is 0 Å². The van der Waals surface area contributed by atoms with Crippen LogP contribution in [0.5, 0.6) is 0 Å². The van der Waals surface area contributed by atoms with E-state index in [1.54, 1.807) is 0 Å². The van der Waals surface area contributed by atoms with Gasteiger partial charge in [0.15, 0.2) is 5.67 Å². The fourth-order valence-electron chi connectivity index (χ4n) is 7.60. The average molecular weight is 341 g/mol. The summed E-state index contributed by atoms with van der Waals surface area (Å²) in [5.74, 6) is 6.13. The Kier molecular flexibility index (Phi) is 3.12. The molecule has 0 spiro atoms. The summed E-state index contributed by atoms with van der Waals surface area (Å²) in [6, 6.07) is 0. The minimum absolute atomic E-state index is 0.306. The summed E-state index contributed by atoms with van der Waals surface area (Å²) in [4.78, 5) is 0. The minimum Gasteiger partial charge on any atom is -0.361 e. The van der Waals surface area contributed by atoms with Gasteiger partial charge in [-0.2, -0.15) is 0 Å². The van der Waals surface area contributed by atoms with E-state index in [1.165, 1.54) is 18.4 Å². The highest BCUT2D eigenvalue weighted by molar-refractivity contribution is 5.27. The Morgan fingerprint density at radius 1 is 1.20 bits per heavy atom. The molecule has 4 aliphatic carbocycles. The molecule has 1 aromatic rings. The number of fused-ring (bicyclic) bond motifs is 6. The van der Waals surface area contributed by atoms with Gasteiger partial charge in [0.1, 0.15) is 5.76 Å². The molecule has 0 saturated heterocycles. The molecule has 3 saturated carbocycles. The first-order chi connectivity index (χ1) is 11.9. The maximum Gasteiger partial charge on any atom is 0.176 e. The minimum atomic E-state index is -1.39. The first-order valence-electron chi connectivity index (χ1n) is 10.0. The second-order valence-corrected chi connectivity index (χ2v) is 9.75. The first kappa shape index (κ1) is 15.9. The maximum atomic E-state index is 15.4. The molecule has 0 N–H and O–H groups in total. The maximum absolute atomic E-state index is 15.4. The van der Waals surface area contributed by atoms with E-state index < -0.39 is 5.67 Å². The summed E-state index contributed by atoms with van der Waals surface area (Å²) in [5, 5.41) is 4.04. The zero-order chi connectivity index (χ0) is 17.4. The summed E-state index contributed by atoms with van der Waals surface area (Å²) in [5.41, 5.74) is -0.0965. The van der Waals surface area contributed by atoms with Gasteiger partial charge in [0, 0.05) is 17.4 Å². The van der Waals surface area contributed by atoms with E-state index in [1.807, 2.05) is 6.20 Å². The van der Waals surface area contributed by atoms with E-state index in [0.29, 0.717) is 35.5 Å². The monoisotopic (exact) mass is 341 g/mol. The van der Waals surface area contributed by atoms with E-state index in [9.17, 15) is 0 Å². The quantitative estimate of drug-likeness (QED) is 0.623. The van der Waals surface area contributed by atoms with E-state index in [0.717, 1.165) is 37.9 Å². The molecule has 1 aromatic heterocycles.